The topological polar surface area (TPSA) is 55.1 Å². The van der Waals surface area contributed by atoms with Crippen LogP contribution in [0, 0.1) is 0 Å². The number of carboxylic acid groups (broad SMARTS) is 1. The molecule has 21 heavy (non-hydrogen) atoms. The highest BCUT2D eigenvalue weighted by Gasteiger charge is 2.14. The van der Waals surface area contributed by atoms with E-state index in [1.807, 2.05) is 58.7 Å². The Bertz CT molecular complexity index is 733. The maximum absolute atomic E-state index is 10.8. The summed E-state index contributed by atoms with van der Waals surface area (Å²) in [5.41, 5.74) is 2.80. The van der Waals surface area contributed by atoms with E-state index in [1.165, 1.54) is 0 Å². The number of aromatic nitrogens is 2. The number of nitrogens with zero attached hydrogens (tertiary/aromatic N) is 2. The molecule has 0 fully saturated rings. The molecule has 2 aromatic heterocycles. The van der Waals surface area contributed by atoms with Gasteiger partial charge >= 0.3 is 5.97 Å². The van der Waals surface area contributed by atoms with E-state index in [0.717, 1.165) is 21.8 Å². The van der Waals surface area contributed by atoms with Crippen LogP contribution in [0.4, 0.5) is 0 Å². The van der Waals surface area contributed by atoms with E-state index in [1.54, 1.807) is 11.3 Å². The van der Waals surface area contributed by atoms with Gasteiger partial charge in [-0.25, -0.2) is 4.68 Å². The van der Waals surface area contributed by atoms with Gasteiger partial charge in [0.1, 0.15) is 5.69 Å². The van der Waals surface area contributed by atoms with Gasteiger partial charge in [0, 0.05) is 12.6 Å². The Hall–Kier alpha value is -2.40. The van der Waals surface area contributed by atoms with Crippen LogP contribution >= 0.6 is 11.3 Å². The zero-order valence-corrected chi connectivity index (χ0v) is 12.1. The Balaban J connectivity index is 2.00. The number of para-hydroxylation sites is 1. The summed E-state index contributed by atoms with van der Waals surface area (Å²) in [5, 5.41) is 15.5. The molecule has 5 heteroatoms. The van der Waals surface area contributed by atoms with Gasteiger partial charge in [-0.2, -0.15) is 5.10 Å². The number of aryl methyl sites for hydroxylation is 1. The van der Waals surface area contributed by atoms with Crippen molar-refractivity contribution in [3.05, 3.63) is 59.6 Å². The Kier molecular flexibility index (Phi) is 3.83. The third kappa shape index (κ3) is 3.03. The summed E-state index contributed by atoms with van der Waals surface area (Å²) in [6.07, 6.45) is 2.52. The number of hydrogen-bond donors (Lipinski definition) is 1. The first kappa shape index (κ1) is 13.6. The third-order valence-corrected chi connectivity index (χ3v) is 4.05. The van der Waals surface area contributed by atoms with E-state index in [-0.39, 0.29) is 6.42 Å². The molecule has 0 aliphatic carbocycles. The highest BCUT2D eigenvalue weighted by Crippen LogP contribution is 2.28. The molecule has 0 aliphatic heterocycles. The number of benzene rings is 1. The van der Waals surface area contributed by atoms with Crippen molar-refractivity contribution in [3.63, 3.8) is 0 Å². The van der Waals surface area contributed by atoms with Crippen molar-refractivity contribution in [2.75, 3.05) is 0 Å². The summed E-state index contributed by atoms with van der Waals surface area (Å²) in [7, 11) is 0. The van der Waals surface area contributed by atoms with Crippen LogP contribution in [0.3, 0.4) is 0 Å². The molecule has 1 N–H and O–H groups in total. The van der Waals surface area contributed by atoms with Crippen LogP contribution in [0.5, 0.6) is 0 Å². The van der Waals surface area contributed by atoms with Crippen LogP contribution in [-0.4, -0.2) is 20.9 Å². The maximum atomic E-state index is 10.8. The minimum Gasteiger partial charge on any atom is -0.481 e. The van der Waals surface area contributed by atoms with Gasteiger partial charge < -0.3 is 5.11 Å². The summed E-state index contributed by atoms with van der Waals surface area (Å²) < 4.78 is 1.81. The number of aliphatic carboxylic acids is 1. The lowest BCUT2D eigenvalue weighted by Crippen LogP contribution is -1.97. The van der Waals surface area contributed by atoms with Crippen molar-refractivity contribution in [2.24, 2.45) is 0 Å². The monoisotopic (exact) mass is 298 g/mol. The molecule has 0 radical (unpaired) electrons. The molecular formula is C16H14N2O2S. The summed E-state index contributed by atoms with van der Waals surface area (Å²) in [6.45, 7) is 0. The lowest BCUT2D eigenvalue weighted by molar-refractivity contribution is -0.136. The summed E-state index contributed by atoms with van der Waals surface area (Å²) >= 11 is 1.61. The average Bonchev–Trinajstić information content (AvgIpc) is 3.15. The third-order valence-electron chi connectivity index (χ3n) is 3.17. The Morgan fingerprint density at radius 2 is 2.00 bits per heavy atom. The van der Waals surface area contributed by atoms with Crippen LogP contribution in [0.1, 0.15) is 12.0 Å². The van der Waals surface area contributed by atoms with Crippen LogP contribution in [0.25, 0.3) is 16.3 Å². The fourth-order valence-corrected chi connectivity index (χ4v) is 2.91. The van der Waals surface area contributed by atoms with Crippen molar-refractivity contribution in [1.82, 2.24) is 9.78 Å². The van der Waals surface area contributed by atoms with E-state index >= 15 is 0 Å². The second-order valence-corrected chi connectivity index (χ2v) is 5.60. The molecular weight excluding hydrogens is 284 g/mol. The van der Waals surface area contributed by atoms with Gasteiger partial charge in [0.05, 0.1) is 10.6 Å². The Labute approximate surface area is 126 Å². The lowest BCUT2D eigenvalue weighted by atomic mass is 10.1. The van der Waals surface area contributed by atoms with E-state index < -0.39 is 5.97 Å². The number of carbonyl (C=O) groups is 1. The van der Waals surface area contributed by atoms with Crippen LogP contribution in [0.15, 0.2) is 54.0 Å². The molecule has 0 saturated carbocycles. The van der Waals surface area contributed by atoms with E-state index in [2.05, 4.69) is 5.10 Å². The second-order valence-electron chi connectivity index (χ2n) is 4.65. The van der Waals surface area contributed by atoms with Gasteiger partial charge in [0.15, 0.2) is 0 Å². The normalized spacial score (nSPS) is 10.7. The van der Waals surface area contributed by atoms with E-state index in [4.69, 9.17) is 5.11 Å². The molecule has 3 rings (SSSR count). The molecule has 2 heterocycles. The number of thiophene rings is 1. The summed E-state index contributed by atoms with van der Waals surface area (Å²) in [4.78, 5) is 11.9. The number of rotatable bonds is 5. The van der Waals surface area contributed by atoms with Crippen molar-refractivity contribution in [2.45, 2.75) is 12.8 Å². The predicted octanol–water partition coefficient (Wildman–Crippen LogP) is 3.62. The lowest BCUT2D eigenvalue weighted by Gasteiger charge is -1.99. The highest BCUT2D eigenvalue weighted by molar-refractivity contribution is 7.13. The standard InChI is InChI=1S/C16H14N2O2S/c19-15(20)9-8-12-11-18(13-5-2-1-3-6-13)17-16(12)14-7-4-10-21-14/h1-7,10-11H,8-9H2,(H,19,20). The first-order valence-corrected chi connectivity index (χ1v) is 7.51. The van der Waals surface area contributed by atoms with Crippen LogP contribution in [-0.2, 0) is 11.2 Å². The fourth-order valence-electron chi connectivity index (χ4n) is 2.17. The summed E-state index contributed by atoms with van der Waals surface area (Å²) in [5.74, 6) is -0.792. The average molecular weight is 298 g/mol. The van der Waals surface area contributed by atoms with Crippen molar-refractivity contribution >= 4 is 17.3 Å². The Morgan fingerprint density at radius 1 is 1.19 bits per heavy atom. The molecule has 0 bridgehead atoms. The molecule has 106 valence electrons. The molecule has 0 saturated heterocycles. The molecule has 0 aliphatic rings. The number of hydrogen-bond acceptors (Lipinski definition) is 3. The van der Waals surface area contributed by atoms with Gasteiger partial charge in [-0.3, -0.25) is 4.79 Å². The SMILES string of the molecule is O=C(O)CCc1cn(-c2ccccc2)nc1-c1cccs1. The maximum Gasteiger partial charge on any atom is 0.303 e. The first-order valence-electron chi connectivity index (χ1n) is 6.63. The Morgan fingerprint density at radius 3 is 2.67 bits per heavy atom. The zero-order chi connectivity index (χ0) is 14.7. The fraction of sp³-hybridized carbons (Fsp3) is 0.125. The zero-order valence-electron chi connectivity index (χ0n) is 11.3. The van der Waals surface area contributed by atoms with Gasteiger partial charge in [-0.15, -0.1) is 11.3 Å². The van der Waals surface area contributed by atoms with Gasteiger partial charge in [-0.05, 0) is 35.6 Å². The predicted molar refractivity (Wildman–Crippen MR) is 82.8 cm³/mol. The van der Waals surface area contributed by atoms with Gasteiger partial charge in [0.25, 0.3) is 0 Å². The molecule has 4 nitrogen and oxygen atoms in total. The van der Waals surface area contributed by atoms with Gasteiger partial charge in [0.2, 0.25) is 0 Å². The smallest absolute Gasteiger partial charge is 0.303 e. The minimum atomic E-state index is -0.792. The van der Waals surface area contributed by atoms with Crippen molar-refractivity contribution in [3.8, 4) is 16.3 Å². The molecule has 0 unspecified atom stereocenters. The molecule has 1 aromatic carbocycles. The quantitative estimate of drug-likeness (QED) is 0.782. The van der Waals surface area contributed by atoms with Crippen LogP contribution in [0.2, 0.25) is 0 Å². The molecule has 0 atom stereocenters. The van der Waals surface area contributed by atoms with Crippen molar-refractivity contribution < 1.29 is 9.90 Å². The molecule has 0 amide bonds. The van der Waals surface area contributed by atoms with Crippen LogP contribution < -0.4 is 0 Å². The number of carboxylic acids is 1. The molecule has 3 aromatic rings. The van der Waals surface area contributed by atoms with Gasteiger partial charge in [-0.1, -0.05) is 24.3 Å². The second kappa shape index (κ2) is 5.93. The largest absolute Gasteiger partial charge is 0.481 e. The van der Waals surface area contributed by atoms with Crippen molar-refractivity contribution in [1.29, 1.82) is 0 Å². The van der Waals surface area contributed by atoms with E-state index in [9.17, 15) is 4.79 Å². The first-order chi connectivity index (χ1) is 10.2. The van der Waals surface area contributed by atoms with E-state index in [0.29, 0.717) is 6.42 Å². The highest BCUT2D eigenvalue weighted by atomic mass is 32.1. The molecule has 0 spiro atoms. The minimum absolute atomic E-state index is 0.110. The summed E-state index contributed by atoms with van der Waals surface area (Å²) in [6, 6.07) is 13.8.